The molecule has 2 aromatic heterocycles. The van der Waals surface area contributed by atoms with Gasteiger partial charge in [-0.25, -0.2) is 4.39 Å². The lowest BCUT2D eigenvalue weighted by molar-refractivity contribution is 0.630. The molecule has 0 radical (unpaired) electrons. The number of aromatic amines is 1. The Balaban J connectivity index is 2.18. The predicted molar refractivity (Wildman–Crippen MR) is 69.5 cm³/mol. The second-order valence-corrected chi connectivity index (χ2v) is 4.81. The van der Waals surface area contributed by atoms with Crippen molar-refractivity contribution in [3.8, 4) is 10.6 Å². The molecule has 0 bridgehead atoms. The first-order valence-electron chi connectivity index (χ1n) is 5.33. The van der Waals surface area contributed by atoms with Crippen LogP contribution in [0.25, 0.3) is 21.5 Å². The Kier molecular flexibility index (Phi) is 2.46. The number of benzene rings is 1. The van der Waals surface area contributed by atoms with E-state index in [4.69, 9.17) is 5.73 Å². The number of rotatable bonds is 2. The fourth-order valence-corrected chi connectivity index (χ4v) is 2.87. The summed E-state index contributed by atoms with van der Waals surface area (Å²) < 4.78 is 13.1. The van der Waals surface area contributed by atoms with Crippen LogP contribution in [0, 0.1) is 5.82 Å². The van der Waals surface area contributed by atoms with Gasteiger partial charge in [-0.15, -0.1) is 11.3 Å². The molecule has 0 aliphatic carbocycles. The van der Waals surface area contributed by atoms with Gasteiger partial charge < -0.3 is 10.7 Å². The van der Waals surface area contributed by atoms with Gasteiger partial charge in [-0.1, -0.05) is 0 Å². The van der Waals surface area contributed by atoms with Crippen LogP contribution in [0.2, 0.25) is 0 Å². The molecule has 4 heteroatoms. The average molecular weight is 246 g/mol. The van der Waals surface area contributed by atoms with Crippen LogP contribution >= 0.6 is 11.3 Å². The van der Waals surface area contributed by atoms with Crippen LogP contribution in [0.3, 0.4) is 0 Å². The summed E-state index contributed by atoms with van der Waals surface area (Å²) in [4.78, 5) is 4.42. The normalized spacial score (nSPS) is 11.2. The zero-order chi connectivity index (χ0) is 11.8. The predicted octanol–water partition coefficient (Wildman–Crippen LogP) is 3.49. The highest BCUT2D eigenvalue weighted by Crippen LogP contribution is 2.31. The molecule has 86 valence electrons. The van der Waals surface area contributed by atoms with Crippen LogP contribution < -0.4 is 5.73 Å². The van der Waals surface area contributed by atoms with Crippen molar-refractivity contribution in [3.05, 3.63) is 47.1 Å². The van der Waals surface area contributed by atoms with Gasteiger partial charge in [0, 0.05) is 17.4 Å². The molecule has 0 atom stereocenters. The Morgan fingerprint density at radius 1 is 1.24 bits per heavy atom. The Bertz CT molecular complexity index is 669. The fraction of sp³-hybridized carbons (Fsp3) is 0.0769. The molecule has 0 aliphatic rings. The number of hydrogen-bond acceptors (Lipinski definition) is 2. The van der Waals surface area contributed by atoms with E-state index in [2.05, 4.69) is 4.98 Å². The van der Waals surface area contributed by atoms with E-state index in [9.17, 15) is 4.39 Å². The van der Waals surface area contributed by atoms with E-state index in [0.29, 0.717) is 6.54 Å². The van der Waals surface area contributed by atoms with Gasteiger partial charge in [0.05, 0.1) is 10.6 Å². The zero-order valence-corrected chi connectivity index (χ0v) is 9.85. The van der Waals surface area contributed by atoms with Crippen LogP contribution in [0.5, 0.6) is 0 Å². The summed E-state index contributed by atoms with van der Waals surface area (Å²) in [5, 5.41) is 2.90. The molecule has 0 unspecified atom stereocenters. The quantitative estimate of drug-likeness (QED) is 0.714. The number of hydrogen-bond donors (Lipinski definition) is 2. The van der Waals surface area contributed by atoms with Crippen LogP contribution in [-0.2, 0) is 6.54 Å². The highest BCUT2D eigenvalue weighted by Gasteiger charge is 2.09. The third-order valence-corrected chi connectivity index (χ3v) is 3.78. The molecule has 0 aliphatic heterocycles. The third-order valence-electron chi connectivity index (χ3n) is 2.79. The van der Waals surface area contributed by atoms with Crippen LogP contribution in [0.4, 0.5) is 4.39 Å². The molecular formula is C13H11FN2S. The van der Waals surface area contributed by atoms with E-state index >= 15 is 0 Å². The van der Waals surface area contributed by atoms with Crippen molar-refractivity contribution >= 4 is 22.2 Å². The van der Waals surface area contributed by atoms with E-state index in [1.165, 1.54) is 12.1 Å². The van der Waals surface area contributed by atoms with Gasteiger partial charge in [0.2, 0.25) is 0 Å². The van der Waals surface area contributed by atoms with E-state index < -0.39 is 0 Å². The minimum absolute atomic E-state index is 0.215. The summed E-state index contributed by atoms with van der Waals surface area (Å²) in [6, 6.07) is 8.73. The maximum absolute atomic E-state index is 13.1. The molecule has 2 heterocycles. The molecule has 1 aromatic carbocycles. The standard InChI is InChI=1S/C13H11FN2S/c14-10-1-2-11-9(5-10)6-12(16-11)13-8(7-15)3-4-17-13/h1-6,16H,7,15H2. The number of aromatic nitrogens is 1. The summed E-state index contributed by atoms with van der Waals surface area (Å²) in [5.41, 5.74) is 8.74. The molecule has 3 aromatic rings. The highest BCUT2D eigenvalue weighted by atomic mass is 32.1. The lowest BCUT2D eigenvalue weighted by atomic mass is 10.2. The molecule has 3 N–H and O–H groups in total. The van der Waals surface area contributed by atoms with Gasteiger partial charge in [0.1, 0.15) is 5.82 Å². The number of halogens is 1. The highest BCUT2D eigenvalue weighted by molar-refractivity contribution is 7.13. The van der Waals surface area contributed by atoms with E-state index in [0.717, 1.165) is 27.0 Å². The fourth-order valence-electron chi connectivity index (χ4n) is 1.96. The largest absolute Gasteiger partial charge is 0.354 e. The molecule has 0 fully saturated rings. The number of nitrogens with one attached hydrogen (secondary N) is 1. The van der Waals surface area contributed by atoms with Crippen molar-refractivity contribution in [2.24, 2.45) is 5.73 Å². The first-order chi connectivity index (χ1) is 8.28. The van der Waals surface area contributed by atoms with Crippen molar-refractivity contribution in [3.63, 3.8) is 0 Å². The first-order valence-corrected chi connectivity index (χ1v) is 6.21. The lowest BCUT2D eigenvalue weighted by Crippen LogP contribution is -1.95. The van der Waals surface area contributed by atoms with Crippen molar-refractivity contribution in [1.29, 1.82) is 0 Å². The summed E-state index contributed by atoms with van der Waals surface area (Å²) in [6.45, 7) is 0.516. The second-order valence-electron chi connectivity index (χ2n) is 3.89. The smallest absolute Gasteiger partial charge is 0.123 e. The van der Waals surface area contributed by atoms with Crippen molar-refractivity contribution in [1.82, 2.24) is 4.98 Å². The van der Waals surface area contributed by atoms with E-state index in [1.807, 2.05) is 17.5 Å². The van der Waals surface area contributed by atoms with E-state index in [-0.39, 0.29) is 5.82 Å². The summed E-state index contributed by atoms with van der Waals surface area (Å²) >= 11 is 1.64. The third kappa shape index (κ3) is 1.75. The van der Waals surface area contributed by atoms with Gasteiger partial charge >= 0.3 is 0 Å². The molecule has 17 heavy (non-hydrogen) atoms. The maximum Gasteiger partial charge on any atom is 0.123 e. The Morgan fingerprint density at radius 2 is 2.12 bits per heavy atom. The Morgan fingerprint density at radius 3 is 2.94 bits per heavy atom. The minimum Gasteiger partial charge on any atom is -0.354 e. The Hall–Kier alpha value is -1.65. The van der Waals surface area contributed by atoms with Crippen LogP contribution in [-0.4, -0.2) is 4.98 Å². The number of nitrogens with two attached hydrogens (primary N) is 1. The van der Waals surface area contributed by atoms with Gasteiger partial charge in [-0.3, -0.25) is 0 Å². The SMILES string of the molecule is NCc1ccsc1-c1cc2cc(F)ccc2[nH]1. The monoisotopic (exact) mass is 246 g/mol. The molecule has 0 amide bonds. The summed E-state index contributed by atoms with van der Waals surface area (Å²) in [6.07, 6.45) is 0. The van der Waals surface area contributed by atoms with Gasteiger partial charge in [-0.05, 0) is 41.3 Å². The molecule has 2 nitrogen and oxygen atoms in total. The average Bonchev–Trinajstić information content (AvgIpc) is 2.93. The summed E-state index contributed by atoms with van der Waals surface area (Å²) in [5.74, 6) is -0.215. The molecular weight excluding hydrogens is 235 g/mol. The Labute approximate surface area is 102 Å². The summed E-state index contributed by atoms with van der Waals surface area (Å²) in [7, 11) is 0. The molecule has 0 saturated carbocycles. The minimum atomic E-state index is -0.215. The lowest BCUT2D eigenvalue weighted by Gasteiger charge is -1.97. The first kappa shape index (κ1) is 10.5. The number of H-pyrrole nitrogens is 1. The van der Waals surface area contributed by atoms with Crippen molar-refractivity contribution < 1.29 is 4.39 Å². The van der Waals surface area contributed by atoms with Crippen molar-refractivity contribution in [2.75, 3.05) is 0 Å². The molecule has 3 rings (SSSR count). The number of fused-ring (bicyclic) bond motifs is 1. The topological polar surface area (TPSA) is 41.8 Å². The van der Waals surface area contributed by atoms with Crippen molar-refractivity contribution in [2.45, 2.75) is 6.54 Å². The number of thiophene rings is 1. The molecule has 0 spiro atoms. The maximum atomic E-state index is 13.1. The molecule has 0 saturated heterocycles. The van der Waals surface area contributed by atoms with E-state index in [1.54, 1.807) is 17.4 Å². The van der Waals surface area contributed by atoms with Crippen LogP contribution in [0.15, 0.2) is 35.7 Å². The zero-order valence-electron chi connectivity index (χ0n) is 9.03. The van der Waals surface area contributed by atoms with Gasteiger partial charge in [0.25, 0.3) is 0 Å². The van der Waals surface area contributed by atoms with Gasteiger partial charge in [0.15, 0.2) is 0 Å². The van der Waals surface area contributed by atoms with Gasteiger partial charge in [-0.2, -0.15) is 0 Å². The second kappa shape index (κ2) is 3.98. The van der Waals surface area contributed by atoms with Crippen LogP contribution in [0.1, 0.15) is 5.56 Å².